The molecular weight excluding hydrogens is 426 g/mol. The maximum atomic E-state index is 12.7. The van der Waals surface area contributed by atoms with Gasteiger partial charge in [0, 0.05) is 30.0 Å². The Morgan fingerprint density at radius 1 is 1.31 bits per heavy atom. The van der Waals surface area contributed by atoms with Crippen molar-refractivity contribution in [2.24, 2.45) is 5.92 Å². The molecule has 4 rings (SSSR count). The third-order valence-corrected chi connectivity index (χ3v) is 7.35. The van der Waals surface area contributed by atoms with Crippen LogP contribution >= 0.6 is 11.8 Å². The fourth-order valence-corrected chi connectivity index (χ4v) is 5.85. The second kappa shape index (κ2) is 8.96. The Morgan fingerprint density at radius 3 is 2.81 bits per heavy atom. The molecule has 0 aromatic carbocycles. The molecule has 0 spiro atoms. The van der Waals surface area contributed by atoms with E-state index in [1.54, 1.807) is 16.7 Å². The molecule has 8 heteroatoms. The van der Waals surface area contributed by atoms with Crippen LogP contribution in [-0.2, 0) is 15.2 Å². The van der Waals surface area contributed by atoms with Crippen molar-refractivity contribution in [3.63, 3.8) is 0 Å². The molecule has 1 amide bonds. The first kappa shape index (κ1) is 23.0. The van der Waals surface area contributed by atoms with Crippen molar-refractivity contribution < 1.29 is 19.1 Å². The molecular formula is C24H33N3O4S. The smallest absolute Gasteiger partial charge is 0.410 e. The van der Waals surface area contributed by atoms with Gasteiger partial charge in [0.2, 0.25) is 0 Å². The Kier molecular flexibility index (Phi) is 6.43. The van der Waals surface area contributed by atoms with Gasteiger partial charge >= 0.3 is 12.1 Å². The van der Waals surface area contributed by atoms with Gasteiger partial charge in [-0.25, -0.2) is 9.59 Å². The number of aromatic nitrogens is 2. The normalized spacial score (nSPS) is 23.0. The largest absolute Gasteiger partial charge is 0.461 e. The van der Waals surface area contributed by atoms with Crippen LogP contribution in [-0.4, -0.2) is 52.0 Å². The molecule has 3 aliphatic rings. The number of carbonyl (C=O) groups excluding carboxylic acids is 2. The van der Waals surface area contributed by atoms with Crippen LogP contribution in [0.4, 0.5) is 4.79 Å². The molecule has 7 nitrogen and oxygen atoms in total. The van der Waals surface area contributed by atoms with Crippen molar-refractivity contribution in [3.8, 4) is 0 Å². The van der Waals surface area contributed by atoms with Crippen LogP contribution < -0.4 is 0 Å². The number of allylic oxidation sites excluding steroid dienone is 4. The minimum Gasteiger partial charge on any atom is -0.461 e. The average molecular weight is 460 g/mol. The Bertz CT molecular complexity index is 973. The number of carbonyl (C=O) groups is 2. The highest BCUT2D eigenvalue weighted by molar-refractivity contribution is 8.02. The summed E-state index contributed by atoms with van der Waals surface area (Å²) in [5.74, 6) is 0.787. The third-order valence-electron chi connectivity index (χ3n) is 5.99. The number of rotatable bonds is 3. The highest BCUT2D eigenvalue weighted by Crippen LogP contribution is 2.47. The SMILES string of the molecule is CCOC(=O)c1nn(C2CCCN(C(=O)OC(C)(C)C)C2)c2c1CSC1=C2C=CCC1C. The predicted molar refractivity (Wildman–Crippen MR) is 125 cm³/mol. The Morgan fingerprint density at radius 2 is 2.09 bits per heavy atom. The van der Waals surface area contributed by atoms with E-state index in [0.29, 0.717) is 37.1 Å². The fourth-order valence-electron chi connectivity index (χ4n) is 4.58. The monoisotopic (exact) mass is 459 g/mol. The lowest BCUT2D eigenvalue weighted by Crippen LogP contribution is -2.43. The van der Waals surface area contributed by atoms with Crippen LogP contribution in [0.3, 0.4) is 0 Å². The number of hydrogen-bond acceptors (Lipinski definition) is 6. The number of ether oxygens (including phenoxy) is 2. The van der Waals surface area contributed by atoms with E-state index in [9.17, 15) is 9.59 Å². The van der Waals surface area contributed by atoms with Gasteiger partial charge in [-0.1, -0.05) is 19.1 Å². The molecule has 2 atom stereocenters. The number of nitrogens with zero attached hydrogens (tertiary/aromatic N) is 3. The van der Waals surface area contributed by atoms with Gasteiger partial charge in [-0.2, -0.15) is 5.10 Å². The van der Waals surface area contributed by atoms with E-state index in [1.165, 1.54) is 4.91 Å². The summed E-state index contributed by atoms with van der Waals surface area (Å²) in [6.07, 6.45) is 6.85. The molecule has 0 saturated carbocycles. The van der Waals surface area contributed by atoms with Crippen molar-refractivity contribution in [2.45, 2.75) is 71.3 Å². The second-order valence-corrected chi connectivity index (χ2v) is 10.7. The van der Waals surface area contributed by atoms with Crippen molar-refractivity contribution in [1.29, 1.82) is 0 Å². The lowest BCUT2D eigenvalue weighted by Gasteiger charge is -2.35. The first-order valence-electron chi connectivity index (χ1n) is 11.5. The van der Waals surface area contributed by atoms with E-state index in [1.807, 2.05) is 32.4 Å². The number of hydrogen-bond donors (Lipinski definition) is 0. The Labute approximate surface area is 194 Å². The molecule has 1 aliphatic carbocycles. The number of thioether (sulfide) groups is 1. The molecule has 2 aliphatic heterocycles. The number of fused-ring (bicyclic) bond motifs is 2. The first-order valence-corrected chi connectivity index (χ1v) is 12.5. The van der Waals surface area contributed by atoms with Gasteiger partial charge in [0.15, 0.2) is 5.69 Å². The van der Waals surface area contributed by atoms with Crippen LogP contribution in [0.15, 0.2) is 17.1 Å². The molecule has 3 heterocycles. The molecule has 0 radical (unpaired) electrons. The van der Waals surface area contributed by atoms with E-state index in [2.05, 4.69) is 19.1 Å². The van der Waals surface area contributed by atoms with E-state index >= 15 is 0 Å². The molecule has 32 heavy (non-hydrogen) atoms. The molecule has 2 unspecified atom stereocenters. The summed E-state index contributed by atoms with van der Waals surface area (Å²) in [4.78, 5) is 28.6. The van der Waals surface area contributed by atoms with E-state index in [4.69, 9.17) is 14.6 Å². The van der Waals surface area contributed by atoms with Gasteiger partial charge in [-0.05, 0) is 57.8 Å². The van der Waals surface area contributed by atoms with Gasteiger partial charge in [0.25, 0.3) is 0 Å². The van der Waals surface area contributed by atoms with Crippen LogP contribution in [0.5, 0.6) is 0 Å². The molecule has 0 bridgehead atoms. The van der Waals surface area contributed by atoms with Crippen LogP contribution in [0.25, 0.3) is 5.57 Å². The maximum absolute atomic E-state index is 12.7. The standard InChI is InChI=1S/C24H33N3O4S/c1-6-30-22(28)19-18-14-32-21-15(2)9-7-11-17(21)20(18)27(25-19)16-10-8-12-26(13-16)23(29)31-24(3,4)5/h7,11,15-16H,6,8-10,12-14H2,1-5H3. The van der Waals surface area contributed by atoms with Crippen LogP contribution in [0, 0.1) is 5.92 Å². The molecule has 0 N–H and O–H groups in total. The zero-order valence-electron chi connectivity index (χ0n) is 19.6. The first-order chi connectivity index (χ1) is 15.2. The van der Waals surface area contributed by atoms with E-state index < -0.39 is 5.60 Å². The summed E-state index contributed by atoms with van der Waals surface area (Å²) in [6.45, 7) is 11.2. The predicted octanol–water partition coefficient (Wildman–Crippen LogP) is 5.19. The zero-order valence-corrected chi connectivity index (χ0v) is 20.5. The topological polar surface area (TPSA) is 73.7 Å². The minimum absolute atomic E-state index is 0.0179. The Hall–Kier alpha value is -2.22. The van der Waals surface area contributed by atoms with E-state index in [0.717, 1.165) is 36.1 Å². The lowest BCUT2D eigenvalue weighted by molar-refractivity contribution is 0.0165. The number of amides is 1. The van der Waals surface area contributed by atoms with Gasteiger partial charge in [-0.3, -0.25) is 4.68 Å². The molecule has 1 fully saturated rings. The zero-order chi connectivity index (χ0) is 23.0. The van der Waals surface area contributed by atoms with Gasteiger partial charge in [0.05, 0.1) is 18.3 Å². The highest BCUT2D eigenvalue weighted by atomic mass is 32.2. The molecule has 1 aromatic rings. The average Bonchev–Trinajstić information content (AvgIpc) is 3.13. The molecule has 1 aromatic heterocycles. The van der Waals surface area contributed by atoms with Crippen LogP contribution in [0.1, 0.15) is 81.7 Å². The van der Waals surface area contributed by atoms with Crippen molar-refractivity contribution in [3.05, 3.63) is 34.0 Å². The highest BCUT2D eigenvalue weighted by Gasteiger charge is 2.36. The lowest BCUT2D eigenvalue weighted by atomic mass is 9.93. The summed E-state index contributed by atoms with van der Waals surface area (Å²) in [7, 11) is 0. The number of piperidine rings is 1. The van der Waals surface area contributed by atoms with E-state index in [-0.39, 0.29) is 18.1 Å². The summed E-state index contributed by atoms with van der Waals surface area (Å²) in [6, 6.07) is -0.0179. The summed E-state index contributed by atoms with van der Waals surface area (Å²) in [5.41, 5.74) is 2.99. The van der Waals surface area contributed by atoms with Crippen molar-refractivity contribution in [1.82, 2.24) is 14.7 Å². The summed E-state index contributed by atoms with van der Waals surface area (Å²) < 4.78 is 12.9. The summed E-state index contributed by atoms with van der Waals surface area (Å²) in [5, 5.41) is 4.80. The summed E-state index contributed by atoms with van der Waals surface area (Å²) >= 11 is 1.80. The fraction of sp³-hybridized carbons (Fsp3) is 0.625. The van der Waals surface area contributed by atoms with Crippen molar-refractivity contribution >= 4 is 29.4 Å². The van der Waals surface area contributed by atoms with Gasteiger partial charge < -0.3 is 14.4 Å². The van der Waals surface area contributed by atoms with Crippen LogP contribution in [0.2, 0.25) is 0 Å². The second-order valence-electron chi connectivity index (χ2n) is 9.67. The minimum atomic E-state index is -0.536. The number of likely N-dealkylation sites (tertiary alicyclic amines) is 1. The number of esters is 1. The molecule has 1 saturated heterocycles. The van der Waals surface area contributed by atoms with Gasteiger partial charge in [0.1, 0.15) is 5.60 Å². The van der Waals surface area contributed by atoms with Crippen molar-refractivity contribution in [2.75, 3.05) is 19.7 Å². The maximum Gasteiger partial charge on any atom is 0.410 e. The quantitative estimate of drug-likeness (QED) is 0.580. The molecule has 174 valence electrons. The Balaban J connectivity index is 1.72. The third kappa shape index (κ3) is 4.47. The van der Waals surface area contributed by atoms with Gasteiger partial charge in [-0.15, -0.1) is 11.8 Å².